The Morgan fingerprint density at radius 3 is 2.47 bits per heavy atom. The number of esters is 1. The normalized spacial score (nSPS) is 31.9. The number of carbonyl (C=O) groups excluding carboxylic acids is 1. The van der Waals surface area contributed by atoms with E-state index >= 15 is 0 Å². The van der Waals surface area contributed by atoms with E-state index < -0.39 is 30.4 Å². The number of cyclic esters (lactones) is 1. The molecule has 0 spiro atoms. The van der Waals surface area contributed by atoms with E-state index in [9.17, 15) is 15.0 Å². The molecule has 17 heavy (non-hydrogen) atoms. The Hall–Kier alpha value is -0.910. The van der Waals surface area contributed by atoms with Crippen molar-refractivity contribution in [3.8, 4) is 0 Å². The first-order chi connectivity index (χ1) is 7.76. The number of ether oxygens (including phenoxy) is 2. The zero-order valence-electron chi connectivity index (χ0n) is 10.6. The van der Waals surface area contributed by atoms with Crippen molar-refractivity contribution in [2.75, 3.05) is 7.11 Å². The summed E-state index contributed by atoms with van der Waals surface area (Å²) in [5, 5.41) is 19.6. The second-order valence-electron chi connectivity index (χ2n) is 5.26. The molecule has 0 aliphatic carbocycles. The van der Waals surface area contributed by atoms with Crippen molar-refractivity contribution in [2.24, 2.45) is 5.41 Å². The van der Waals surface area contributed by atoms with Crippen molar-refractivity contribution in [2.45, 2.75) is 45.2 Å². The van der Waals surface area contributed by atoms with Gasteiger partial charge in [0, 0.05) is 7.11 Å². The summed E-state index contributed by atoms with van der Waals surface area (Å²) >= 11 is 0. The van der Waals surface area contributed by atoms with Crippen LogP contribution >= 0.6 is 0 Å². The van der Waals surface area contributed by atoms with Crippen LogP contribution in [-0.2, 0) is 14.3 Å². The summed E-state index contributed by atoms with van der Waals surface area (Å²) in [7, 11) is 1.31. The van der Waals surface area contributed by atoms with Crippen molar-refractivity contribution in [3.05, 3.63) is 12.2 Å². The first kappa shape index (κ1) is 14.2. The maximum Gasteiger partial charge on any atom is 0.338 e. The maximum absolute atomic E-state index is 11.3. The molecule has 1 aliphatic heterocycles. The molecule has 1 rings (SSSR count). The molecule has 1 fully saturated rings. The monoisotopic (exact) mass is 244 g/mol. The fraction of sp³-hybridized carbons (Fsp3) is 0.750. The molecule has 2 N–H and O–H groups in total. The van der Waals surface area contributed by atoms with Crippen molar-refractivity contribution in [3.63, 3.8) is 0 Å². The van der Waals surface area contributed by atoms with E-state index in [2.05, 4.69) is 0 Å². The Kier molecular flexibility index (Phi) is 4.30. The Labute approximate surface area is 101 Å². The van der Waals surface area contributed by atoms with E-state index in [-0.39, 0.29) is 5.41 Å². The molecule has 1 heterocycles. The van der Waals surface area contributed by atoms with Crippen LogP contribution in [0.1, 0.15) is 20.8 Å². The molecule has 0 aromatic heterocycles. The van der Waals surface area contributed by atoms with Gasteiger partial charge in [-0.1, -0.05) is 32.9 Å². The third kappa shape index (κ3) is 3.52. The lowest BCUT2D eigenvalue weighted by Crippen LogP contribution is -2.38. The highest BCUT2D eigenvalue weighted by molar-refractivity contribution is 5.78. The summed E-state index contributed by atoms with van der Waals surface area (Å²) in [6.45, 7) is 5.93. The van der Waals surface area contributed by atoms with Crippen LogP contribution in [0.3, 0.4) is 0 Å². The van der Waals surface area contributed by atoms with E-state index in [0.717, 1.165) is 0 Å². The van der Waals surface area contributed by atoms with Crippen LogP contribution in [0.5, 0.6) is 0 Å². The topological polar surface area (TPSA) is 76.0 Å². The smallest absolute Gasteiger partial charge is 0.338 e. The molecule has 1 unspecified atom stereocenters. The quantitative estimate of drug-likeness (QED) is 0.550. The number of methoxy groups -OCH3 is 1. The van der Waals surface area contributed by atoms with Crippen LogP contribution < -0.4 is 0 Å². The summed E-state index contributed by atoms with van der Waals surface area (Å²) in [5.74, 6) is -0.645. The first-order valence-corrected chi connectivity index (χ1v) is 5.55. The minimum Gasteiger partial charge on any atom is -0.454 e. The SMILES string of the molecule is CO[C@H]1C(=O)O[C@@H](C(O)C=CC(C)(C)C)[C@H]1O. The van der Waals surface area contributed by atoms with Gasteiger partial charge in [0.1, 0.15) is 12.2 Å². The van der Waals surface area contributed by atoms with Crippen LogP contribution in [0.25, 0.3) is 0 Å². The van der Waals surface area contributed by atoms with Gasteiger partial charge in [0.05, 0.1) is 0 Å². The second-order valence-corrected chi connectivity index (χ2v) is 5.26. The Morgan fingerprint density at radius 1 is 1.47 bits per heavy atom. The summed E-state index contributed by atoms with van der Waals surface area (Å²) in [6.07, 6.45) is -0.832. The predicted octanol–water partition coefficient (Wildman–Crippen LogP) is 0.251. The van der Waals surface area contributed by atoms with Gasteiger partial charge in [0.2, 0.25) is 0 Å². The third-order valence-corrected chi connectivity index (χ3v) is 2.52. The number of hydrogen-bond donors (Lipinski definition) is 2. The van der Waals surface area contributed by atoms with Gasteiger partial charge < -0.3 is 19.7 Å². The minimum absolute atomic E-state index is 0.0881. The Morgan fingerprint density at radius 2 is 2.06 bits per heavy atom. The molecule has 0 radical (unpaired) electrons. The fourth-order valence-corrected chi connectivity index (χ4v) is 1.59. The number of hydrogen-bond acceptors (Lipinski definition) is 5. The average molecular weight is 244 g/mol. The van der Waals surface area contributed by atoms with Crippen LogP contribution in [0, 0.1) is 5.41 Å². The van der Waals surface area contributed by atoms with E-state index in [0.29, 0.717) is 0 Å². The standard InChI is InChI=1S/C12H20O5/c1-12(2,3)6-5-7(13)9-8(14)10(16-4)11(15)17-9/h5-10,13-14H,1-4H3/t7?,8-,9+,10-/m1/s1. The van der Waals surface area contributed by atoms with Gasteiger partial charge in [-0.25, -0.2) is 4.79 Å². The number of carbonyl (C=O) groups is 1. The lowest BCUT2D eigenvalue weighted by Gasteiger charge is -2.19. The van der Waals surface area contributed by atoms with Gasteiger partial charge in [-0.3, -0.25) is 0 Å². The molecule has 5 nitrogen and oxygen atoms in total. The number of allylic oxidation sites excluding steroid dienone is 1. The van der Waals surface area contributed by atoms with E-state index in [1.54, 1.807) is 6.08 Å². The third-order valence-electron chi connectivity index (χ3n) is 2.52. The van der Waals surface area contributed by atoms with Gasteiger partial charge in [0.15, 0.2) is 12.2 Å². The molecule has 1 aliphatic rings. The predicted molar refractivity (Wildman–Crippen MR) is 61.3 cm³/mol. The largest absolute Gasteiger partial charge is 0.454 e. The summed E-state index contributed by atoms with van der Waals surface area (Å²) < 4.78 is 9.69. The van der Waals surface area contributed by atoms with E-state index in [4.69, 9.17) is 9.47 Å². The van der Waals surface area contributed by atoms with Gasteiger partial charge in [-0.2, -0.15) is 0 Å². The number of aliphatic hydroxyl groups excluding tert-OH is 2. The van der Waals surface area contributed by atoms with Gasteiger partial charge >= 0.3 is 5.97 Å². The van der Waals surface area contributed by atoms with E-state index in [1.165, 1.54) is 13.2 Å². The van der Waals surface area contributed by atoms with Crippen molar-refractivity contribution >= 4 is 5.97 Å². The van der Waals surface area contributed by atoms with Crippen LogP contribution in [0.2, 0.25) is 0 Å². The van der Waals surface area contributed by atoms with Crippen molar-refractivity contribution in [1.82, 2.24) is 0 Å². The van der Waals surface area contributed by atoms with Crippen LogP contribution in [0.15, 0.2) is 12.2 Å². The van der Waals surface area contributed by atoms with Gasteiger partial charge in [-0.05, 0) is 5.41 Å². The molecule has 0 bridgehead atoms. The molecular weight excluding hydrogens is 224 g/mol. The maximum atomic E-state index is 11.3. The highest BCUT2D eigenvalue weighted by Crippen LogP contribution is 2.23. The minimum atomic E-state index is -1.15. The lowest BCUT2D eigenvalue weighted by molar-refractivity contribution is -0.150. The van der Waals surface area contributed by atoms with Crippen LogP contribution in [-0.4, -0.2) is 47.7 Å². The van der Waals surface area contributed by atoms with Crippen molar-refractivity contribution < 1.29 is 24.5 Å². The van der Waals surface area contributed by atoms with Gasteiger partial charge in [0.25, 0.3) is 0 Å². The zero-order chi connectivity index (χ0) is 13.2. The highest BCUT2D eigenvalue weighted by Gasteiger charge is 2.46. The molecular formula is C12H20O5. The molecule has 5 heteroatoms. The summed E-state index contributed by atoms with van der Waals surface area (Å²) in [6, 6.07) is 0. The number of rotatable bonds is 3. The van der Waals surface area contributed by atoms with Crippen molar-refractivity contribution in [1.29, 1.82) is 0 Å². The summed E-state index contributed by atoms with van der Waals surface area (Å²) in [4.78, 5) is 11.3. The highest BCUT2D eigenvalue weighted by atomic mass is 16.6. The average Bonchev–Trinajstić information content (AvgIpc) is 2.49. The molecule has 0 saturated carbocycles. The molecule has 98 valence electrons. The molecule has 0 aromatic carbocycles. The number of aliphatic hydroxyl groups is 2. The molecule has 1 saturated heterocycles. The molecule has 4 atom stereocenters. The van der Waals surface area contributed by atoms with Crippen LogP contribution in [0.4, 0.5) is 0 Å². The molecule has 0 aromatic rings. The summed E-state index contributed by atoms with van der Waals surface area (Å²) in [5.41, 5.74) is -0.0881. The fourth-order valence-electron chi connectivity index (χ4n) is 1.59. The second kappa shape index (κ2) is 5.16. The Balaban J connectivity index is 2.69. The first-order valence-electron chi connectivity index (χ1n) is 5.55. The van der Waals surface area contributed by atoms with Gasteiger partial charge in [-0.15, -0.1) is 0 Å². The van der Waals surface area contributed by atoms with E-state index in [1.807, 2.05) is 20.8 Å². The molecule has 0 amide bonds. The Bertz CT molecular complexity index is 305. The lowest BCUT2D eigenvalue weighted by atomic mass is 9.94. The zero-order valence-corrected chi connectivity index (χ0v) is 10.6.